The first kappa shape index (κ1) is 20.7. The number of aliphatic carboxylic acids is 1. The first-order chi connectivity index (χ1) is 14.2. The molecule has 4 rings (SSSR count). The summed E-state index contributed by atoms with van der Waals surface area (Å²) < 4.78 is 4.40. The third-order valence-corrected chi connectivity index (χ3v) is 7.13. The van der Waals surface area contributed by atoms with E-state index < -0.39 is 46.6 Å². The summed E-state index contributed by atoms with van der Waals surface area (Å²) in [6.07, 6.45) is 0. The lowest BCUT2D eigenvalue weighted by Gasteiger charge is -2.43. The van der Waals surface area contributed by atoms with E-state index in [4.69, 9.17) is 16.1 Å². The molecule has 0 saturated carbocycles. The van der Waals surface area contributed by atoms with Crippen LogP contribution in [0.25, 0.3) is 11.3 Å². The van der Waals surface area contributed by atoms with E-state index in [1.807, 2.05) is 0 Å². The molecule has 158 valence electrons. The number of thioether (sulfide) groups is 1. The number of aliphatic hydroxyl groups excluding tert-OH is 1. The van der Waals surface area contributed by atoms with E-state index in [1.54, 1.807) is 38.1 Å². The maximum absolute atomic E-state index is 13.0. The van der Waals surface area contributed by atoms with Crippen LogP contribution in [0.1, 0.15) is 30.0 Å². The number of rotatable bonds is 5. The van der Waals surface area contributed by atoms with Gasteiger partial charge in [-0.25, -0.2) is 4.79 Å². The number of amides is 2. The van der Waals surface area contributed by atoms with Crippen molar-refractivity contribution in [3.8, 4) is 11.3 Å². The highest BCUT2D eigenvalue weighted by Gasteiger charge is 2.64. The molecule has 2 amide bonds. The molecule has 3 atom stereocenters. The van der Waals surface area contributed by atoms with Crippen LogP contribution in [0.5, 0.6) is 0 Å². The zero-order chi connectivity index (χ0) is 21.8. The highest BCUT2D eigenvalue weighted by atomic mass is 35.5. The SMILES string of the molecule is CC1(C)SC2C(NC(=O)c3c(-c4ccccc4Cl)noc3CO)C(=O)N2C1C(=O)O. The largest absolute Gasteiger partial charge is 0.480 e. The summed E-state index contributed by atoms with van der Waals surface area (Å²) in [5.74, 6) is -2.28. The van der Waals surface area contributed by atoms with Gasteiger partial charge in [0.1, 0.15) is 35.3 Å². The Morgan fingerprint density at radius 1 is 1.37 bits per heavy atom. The Labute approximate surface area is 180 Å². The summed E-state index contributed by atoms with van der Waals surface area (Å²) >= 11 is 7.53. The number of halogens is 1. The molecule has 1 aromatic heterocycles. The van der Waals surface area contributed by atoms with Gasteiger partial charge in [-0.3, -0.25) is 9.59 Å². The smallest absolute Gasteiger partial charge is 0.327 e. The number of carboxylic acid groups (broad SMARTS) is 1. The number of hydrogen-bond acceptors (Lipinski definition) is 7. The van der Waals surface area contributed by atoms with Gasteiger partial charge < -0.3 is 25.0 Å². The second kappa shape index (κ2) is 7.29. The number of aliphatic hydroxyl groups is 1. The van der Waals surface area contributed by atoms with Crippen molar-refractivity contribution in [3.05, 3.63) is 40.6 Å². The third kappa shape index (κ3) is 3.06. The number of nitrogens with zero attached hydrogens (tertiary/aromatic N) is 2. The van der Waals surface area contributed by atoms with E-state index in [0.717, 1.165) is 0 Å². The van der Waals surface area contributed by atoms with Crippen LogP contribution in [-0.4, -0.2) is 60.3 Å². The molecule has 2 aliphatic rings. The average molecular weight is 452 g/mol. The van der Waals surface area contributed by atoms with Gasteiger partial charge >= 0.3 is 5.97 Å². The molecule has 0 radical (unpaired) electrons. The molecule has 9 nitrogen and oxygen atoms in total. The molecular weight excluding hydrogens is 434 g/mol. The monoisotopic (exact) mass is 451 g/mol. The molecule has 3 unspecified atom stereocenters. The lowest BCUT2D eigenvalue weighted by molar-refractivity contribution is -0.159. The number of benzene rings is 1. The minimum atomic E-state index is -1.09. The summed E-state index contributed by atoms with van der Waals surface area (Å²) in [4.78, 5) is 38.6. The molecule has 11 heteroatoms. The molecule has 0 bridgehead atoms. The summed E-state index contributed by atoms with van der Waals surface area (Å²) in [7, 11) is 0. The van der Waals surface area contributed by atoms with Crippen molar-refractivity contribution >= 4 is 41.1 Å². The molecule has 1 aromatic carbocycles. The van der Waals surface area contributed by atoms with Gasteiger partial charge in [-0.15, -0.1) is 11.8 Å². The van der Waals surface area contributed by atoms with Gasteiger partial charge in [-0.05, 0) is 19.9 Å². The number of hydrogen-bond donors (Lipinski definition) is 3. The predicted octanol–water partition coefficient (Wildman–Crippen LogP) is 1.73. The van der Waals surface area contributed by atoms with Gasteiger partial charge in [-0.2, -0.15) is 0 Å². The van der Waals surface area contributed by atoms with Crippen molar-refractivity contribution in [2.24, 2.45) is 0 Å². The number of carboxylic acids is 1. The number of nitrogens with one attached hydrogen (secondary N) is 1. The maximum Gasteiger partial charge on any atom is 0.327 e. The molecule has 2 fully saturated rings. The van der Waals surface area contributed by atoms with Crippen molar-refractivity contribution in [2.45, 2.75) is 42.7 Å². The molecule has 3 heterocycles. The van der Waals surface area contributed by atoms with Gasteiger partial charge in [0.05, 0.1) is 5.02 Å². The fourth-order valence-electron chi connectivity index (χ4n) is 3.86. The highest BCUT2D eigenvalue weighted by Crippen LogP contribution is 2.50. The van der Waals surface area contributed by atoms with E-state index in [9.17, 15) is 24.6 Å². The fourth-order valence-corrected chi connectivity index (χ4v) is 5.71. The Morgan fingerprint density at radius 3 is 2.70 bits per heavy atom. The summed E-state index contributed by atoms with van der Waals surface area (Å²) in [5, 5.41) is 25.4. The number of carbonyl (C=O) groups is 3. The summed E-state index contributed by atoms with van der Waals surface area (Å²) in [5.41, 5.74) is 0.569. The fraction of sp³-hybridized carbons (Fsp3) is 0.368. The Morgan fingerprint density at radius 2 is 2.07 bits per heavy atom. The molecule has 0 aliphatic carbocycles. The Kier molecular flexibility index (Phi) is 5.03. The van der Waals surface area contributed by atoms with Gasteiger partial charge in [0.2, 0.25) is 5.91 Å². The standard InChI is InChI=1S/C19H18ClN3O6S/c1-19(2)14(18(27)28)23-16(26)13(17(23)30-19)21-15(25)11-10(7-24)29-22-12(11)8-5-3-4-6-9(8)20/h3-6,13-14,17,24H,7H2,1-2H3,(H,21,25)(H,27,28). The first-order valence-corrected chi connectivity index (χ1v) is 10.3. The zero-order valence-electron chi connectivity index (χ0n) is 16.0. The van der Waals surface area contributed by atoms with Crippen LogP contribution in [-0.2, 0) is 16.2 Å². The molecule has 30 heavy (non-hydrogen) atoms. The van der Waals surface area contributed by atoms with Crippen molar-refractivity contribution < 1.29 is 29.1 Å². The highest BCUT2D eigenvalue weighted by molar-refractivity contribution is 8.01. The van der Waals surface area contributed by atoms with Crippen molar-refractivity contribution in [3.63, 3.8) is 0 Å². The third-order valence-electron chi connectivity index (χ3n) is 5.22. The van der Waals surface area contributed by atoms with Crippen molar-refractivity contribution in [1.29, 1.82) is 0 Å². The molecule has 2 aromatic rings. The van der Waals surface area contributed by atoms with Crippen LogP contribution in [0.3, 0.4) is 0 Å². The van der Waals surface area contributed by atoms with Crippen molar-refractivity contribution in [2.75, 3.05) is 0 Å². The van der Waals surface area contributed by atoms with Crippen molar-refractivity contribution in [1.82, 2.24) is 15.4 Å². The van der Waals surface area contributed by atoms with Crippen LogP contribution in [0, 0.1) is 0 Å². The minimum absolute atomic E-state index is 0.0195. The first-order valence-electron chi connectivity index (χ1n) is 9.05. The lowest BCUT2D eigenvalue weighted by Crippen LogP contribution is -2.70. The van der Waals surface area contributed by atoms with E-state index in [2.05, 4.69) is 10.5 Å². The number of fused-ring (bicyclic) bond motifs is 1. The molecule has 3 N–H and O–H groups in total. The second-order valence-corrected chi connectivity index (χ2v) is 9.69. The van der Waals surface area contributed by atoms with E-state index in [1.165, 1.54) is 16.7 Å². The Hall–Kier alpha value is -2.56. The van der Waals surface area contributed by atoms with E-state index >= 15 is 0 Å². The van der Waals surface area contributed by atoms with Gasteiger partial charge in [0.15, 0.2) is 5.76 Å². The zero-order valence-corrected chi connectivity index (χ0v) is 17.5. The predicted molar refractivity (Wildman–Crippen MR) is 108 cm³/mol. The molecule has 2 aliphatic heterocycles. The van der Waals surface area contributed by atoms with E-state index in [0.29, 0.717) is 10.6 Å². The van der Waals surface area contributed by atoms with Crippen LogP contribution in [0.15, 0.2) is 28.8 Å². The number of carbonyl (C=O) groups excluding carboxylic acids is 2. The Balaban J connectivity index is 1.62. The summed E-state index contributed by atoms with van der Waals surface area (Å²) in [6, 6.07) is 4.84. The van der Waals surface area contributed by atoms with Crippen LogP contribution >= 0.6 is 23.4 Å². The lowest BCUT2D eigenvalue weighted by atomic mass is 9.95. The molecule has 2 saturated heterocycles. The van der Waals surface area contributed by atoms with Gasteiger partial charge in [0.25, 0.3) is 5.91 Å². The Bertz CT molecular complexity index is 1050. The molecule has 0 spiro atoms. The van der Waals surface area contributed by atoms with Gasteiger partial charge in [0, 0.05) is 10.3 Å². The quantitative estimate of drug-likeness (QED) is 0.585. The van der Waals surface area contributed by atoms with E-state index in [-0.39, 0.29) is 17.0 Å². The maximum atomic E-state index is 13.0. The van der Waals surface area contributed by atoms with Crippen LogP contribution in [0.2, 0.25) is 5.02 Å². The number of β-lactam (4-membered cyclic amide) rings is 1. The van der Waals surface area contributed by atoms with Gasteiger partial charge in [-0.1, -0.05) is 35.0 Å². The normalized spacial score (nSPS) is 24.3. The van der Waals surface area contributed by atoms with Crippen LogP contribution in [0.4, 0.5) is 0 Å². The average Bonchev–Trinajstić information content (AvgIpc) is 3.22. The molecular formula is C19H18ClN3O6S. The number of aromatic nitrogens is 1. The van der Waals surface area contributed by atoms with Crippen LogP contribution < -0.4 is 5.32 Å². The second-order valence-electron chi connectivity index (χ2n) is 7.52. The minimum Gasteiger partial charge on any atom is -0.480 e. The summed E-state index contributed by atoms with van der Waals surface area (Å²) in [6.45, 7) is 2.93. The topological polar surface area (TPSA) is 133 Å².